The van der Waals surface area contributed by atoms with Crippen LogP contribution in [0.3, 0.4) is 0 Å². The van der Waals surface area contributed by atoms with E-state index in [4.69, 9.17) is 4.52 Å². The number of rotatable bonds is 3. The van der Waals surface area contributed by atoms with Crippen molar-refractivity contribution in [1.82, 2.24) is 20.8 Å². The summed E-state index contributed by atoms with van der Waals surface area (Å²) in [4.78, 5) is 18.4. The van der Waals surface area contributed by atoms with Crippen LogP contribution in [0.2, 0.25) is 0 Å². The SMILES string of the molecule is O=C1NCCCN1c1cccc(-c2nc([C@H]3CCCCCN3)no2)c1. The van der Waals surface area contributed by atoms with E-state index in [1.165, 1.54) is 19.3 Å². The maximum atomic E-state index is 12.0. The van der Waals surface area contributed by atoms with Crippen molar-refractivity contribution in [2.75, 3.05) is 24.5 Å². The Morgan fingerprint density at radius 1 is 1.16 bits per heavy atom. The van der Waals surface area contributed by atoms with Crippen LogP contribution in [-0.4, -0.2) is 35.8 Å². The zero-order valence-corrected chi connectivity index (χ0v) is 14.2. The molecule has 0 aliphatic carbocycles. The van der Waals surface area contributed by atoms with Crippen molar-refractivity contribution in [1.29, 1.82) is 0 Å². The van der Waals surface area contributed by atoms with Crippen molar-refractivity contribution in [3.8, 4) is 11.5 Å². The summed E-state index contributed by atoms with van der Waals surface area (Å²) in [6.45, 7) is 2.45. The second-order valence-corrected chi connectivity index (χ2v) is 6.60. The number of nitrogens with one attached hydrogen (secondary N) is 2. The van der Waals surface area contributed by atoms with Crippen LogP contribution < -0.4 is 15.5 Å². The van der Waals surface area contributed by atoms with Crippen molar-refractivity contribution >= 4 is 11.7 Å². The van der Waals surface area contributed by atoms with E-state index in [9.17, 15) is 4.79 Å². The Hall–Kier alpha value is -2.41. The monoisotopic (exact) mass is 341 g/mol. The van der Waals surface area contributed by atoms with Gasteiger partial charge in [-0.2, -0.15) is 4.98 Å². The average molecular weight is 341 g/mol. The van der Waals surface area contributed by atoms with Crippen molar-refractivity contribution < 1.29 is 9.32 Å². The molecule has 0 unspecified atom stereocenters. The van der Waals surface area contributed by atoms with E-state index in [2.05, 4.69) is 20.8 Å². The van der Waals surface area contributed by atoms with E-state index >= 15 is 0 Å². The summed E-state index contributed by atoms with van der Waals surface area (Å²) in [7, 11) is 0. The third kappa shape index (κ3) is 3.51. The molecule has 0 spiro atoms. The summed E-state index contributed by atoms with van der Waals surface area (Å²) >= 11 is 0. The molecule has 2 aliphatic rings. The van der Waals surface area contributed by atoms with Crippen LogP contribution in [0, 0.1) is 0 Å². The average Bonchev–Trinajstić information content (AvgIpc) is 2.98. The molecule has 1 atom stereocenters. The zero-order chi connectivity index (χ0) is 17.1. The molecule has 1 aromatic heterocycles. The van der Waals surface area contributed by atoms with Crippen LogP contribution in [0.1, 0.15) is 44.0 Å². The molecule has 0 saturated carbocycles. The van der Waals surface area contributed by atoms with Crippen molar-refractivity contribution in [2.45, 2.75) is 38.1 Å². The Labute approximate surface area is 146 Å². The molecule has 2 fully saturated rings. The number of hydrogen-bond donors (Lipinski definition) is 2. The number of carbonyl (C=O) groups excluding carboxylic acids is 1. The Bertz CT molecular complexity index is 737. The van der Waals surface area contributed by atoms with Gasteiger partial charge in [0.25, 0.3) is 5.89 Å². The summed E-state index contributed by atoms with van der Waals surface area (Å²) in [5.41, 5.74) is 1.69. The number of benzene rings is 1. The van der Waals surface area contributed by atoms with Crippen LogP contribution in [-0.2, 0) is 0 Å². The van der Waals surface area contributed by atoms with Crippen molar-refractivity contribution in [2.24, 2.45) is 0 Å². The first kappa shape index (κ1) is 16.1. The Balaban J connectivity index is 1.56. The van der Waals surface area contributed by atoms with Gasteiger partial charge in [0.2, 0.25) is 0 Å². The molecule has 2 N–H and O–H groups in total. The molecule has 1 aromatic carbocycles. The first-order valence-corrected chi connectivity index (χ1v) is 9.04. The second-order valence-electron chi connectivity index (χ2n) is 6.60. The highest BCUT2D eigenvalue weighted by Crippen LogP contribution is 2.27. The van der Waals surface area contributed by atoms with E-state index in [0.717, 1.165) is 49.6 Å². The first-order valence-electron chi connectivity index (χ1n) is 9.04. The Morgan fingerprint density at radius 3 is 3.04 bits per heavy atom. The number of nitrogens with zero attached hydrogens (tertiary/aromatic N) is 3. The van der Waals surface area contributed by atoms with Crippen molar-refractivity contribution in [3.63, 3.8) is 0 Å². The van der Waals surface area contributed by atoms with Gasteiger partial charge in [-0.3, -0.25) is 4.90 Å². The van der Waals surface area contributed by atoms with Gasteiger partial charge in [0.05, 0.1) is 6.04 Å². The molecule has 0 bridgehead atoms. The zero-order valence-electron chi connectivity index (χ0n) is 14.2. The smallest absolute Gasteiger partial charge is 0.321 e. The predicted molar refractivity (Wildman–Crippen MR) is 94.3 cm³/mol. The molecule has 7 heteroatoms. The Morgan fingerprint density at radius 2 is 2.12 bits per heavy atom. The van der Waals surface area contributed by atoms with Gasteiger partial charge in [0, 0.05) is 24.3 Å². The fraction of sp³-hybridized carbons (Fsp3) is 0.500. The van der Waals surface area contributed by atoms with Gasteiger partial charge in [0.1, 0.15) is 0 Å². The van der Waals surface area contributed by atoms with E-state index in [0.29, 0.717) is 5.89 Å². The number of carbonyl (C=O) groups is 1. The molecule has 7 nitrogen and oxygen atoms in total. The lowest BCUT2D eigenvalue weighted by atomic mass is 10.1. The van der Waals surface area contributed by atoms with Gasteiger partial charge in [-0.05, 0) is 44.0 Å². The summed E-state index contributed by atoms with van der Waals surface area (Å²) in [6, 6.07) is 7.82. The Kier molecular flexibility index (Phi) is 4.65. The number of amides is 2. The highest BCUT2D eigenvalue weighted by atomic mass is 16.5. The molecular formula is C18H23N5O2. The third-order valence-corrected chi connectivity index (χ3v) is 4.80. The van der Waals surface area contributed by atoms with E-state index < -0.39 is 0 Å². The van der Waals surface area contributed by atoms with Crippen LogP contribution in [0.25, 0.3) is 11.5 Å². The van der Waals surface area contributed by atoms with Gasteiger partial charge in [-0.25, -0.2) is 4.79 Å². The third-order valence-electron chi connectivity index (χ3n) is 4.80. The quantitative estimate of drug-likeness (QED) is 0.897. The van der Waals surface area contributed by atoms with E-state index in [-0.39, 0.29) is 12.1 Å². The molecule has 2 aliphatic heterocycles. The van der Waals surface area contributed by atoms with Crippen LogP contribution in [0.5, 0.6) is 0 Å². The first-order chi connectivity index (χ1) is 12.3. The lowest BCUT2D eigenvalue weighted by Gasteiger charge is -2.27. The molecule has 2 amide bonds. The van der Waals surface area contributed by atoms with Gasteiger partial charge >= 0.3 is 6.03 Å². The summed E-state index contributed by atoms with van der Waals surface area (Å²) in [5, 5.41) is 10.5. The fourth-order valence-electron chi connectivity index (χ4n) is 3.43. The van der Waals surface area contributed by atoms with Crippen molar-refractivity contribution in [3.05, 3.63) is 30.1 Å². The predicted octanol–water partition coefficient (Wildman–Crippen LogP) is 2.86. The number of urea groups is 1. The summed E-state index contributed by atoms with van der Waals surface area (Å²) in [6.07, 6.45) is 5.59. The topological polar surface area (TPSA) is 83.3 Å². The van der Waals surface area contributed by atoms with Gasteiger partial charge in [-0.1, -0.05) is 24.1 Å². The number of aromatic nitrogens is 2. The lowest BCUT2D eigenvalue weighted by molar-refractivity contribution is 0.243. The molecule has 2 saturated heterocycles. The van der Waals surface area contributed by atoms with E-state index in [1.54, 1.807) is 4.90 Å². The molecular weight excluding hydrogens is 318 g/mol. The second kappa shape index (κ2) is 7.23. The fourth-order valence-corrected chi connectivity index (χ4v) is 3.43. The lowest BCUT2D eigenvalue weighted by Crippen LogP contribution is -2.46. The number of anilines is 1. The van der Waals surface area contributed by atoms with Crippen LogP contribution >= 0.6 is 0 Å². The summed E-state index contributed by atoms with van der Waals surface area (Å²) < 4.78 is 5.49. The largest absolute Gasteiger partial charge is 0.338 e. The highest BCUT2D eigenvalue weighted by molar-refractivity contribution is 5.93. The minimum atomic E-state index is -0.0581. The standard InChI is InChI=1S/C18H23N5O2/c24-18-20-10-5-11-23(18)14-7-4-6-13(12-14)17-21-16(22-25-17)15-8-2-1-3-9-19-15/h4,6-7,12,15,19H,1-3,5,8-11H2,(H,20,24)/t15-/m1/s1. The highest BCUT2D eigenvalue weighted by Gasteiger charge is 2.22. The molecule has 2 aromatic rings. The van der Waals surface area contributed by atoms with Gasteiger partial charge in [0.15, 0.2) is 5.82 Å². The maximum Gasteiger partial charge on any atom is 0.321 e. The minimum absolute atomic E-state index is 0.0581. The van der Waals surface area contributed by atoms with Crippen LogP contribution in [0.4, 0.5) is 10.5 Å². The maximum absolute atomic E-state index is 12.0. The minimum Gasteiger partial charge on any atom is -0.338 e. The molecule has 132 valence electrons. The molecule has 0 radical (unpaired) electrons. The van der Waals surface area contributed by atoms with Gasteiger partial charge < -0.3 is 15.2 Å². The molecule has 4 rings (SSSR count). The normalized spacial score (nSPS) is 21.7. The van der Waals surface area contributed by atoms with Crippen LogP contribution in [0.15, 0.2) is 28.8 Å². The van der Waals surface area contributed by atoms with E-state index in [1.807, 2.05) is 24.3 Å². The molecule has 3 heterocycles. The molecule has 25 heavy (non-hydrogen) atoms. The summed E-state index contributed by atoms with van der Waals surface area (Å²) in [5.74, 6) is 1.22. The number of hydrogen-bond acceptors (Lipinski definition) is 5. The van der Waals surface area contributed by atoms with Gasteiger partial charge in [-0.15, -0.1) is 0 Å².